The van der Waals surface area contributed by atoms with E-state index in [1.807, 2.05) is 50.2 Å². The van der Waals surface area contributed by atoms with Crippen molar-refractivity contribution in [2.75, 3.05) is 11.5 Å². The predicted molar refractivity (Wildman–Crippen MR) is 119 cm³/mol. The van der Waals surface area contributed by atoms with Gasteiger partial charge in [-0.25, -0.2) is 0 Å². The maximum absolute atomic E-state index is 6.21. The summed E-state index contributed by atoms with van der Waals surface area (Å²) in [6.45, 7) is 6.20. The van der Waals surface area contributed by atoms with Crippen molar-refractivity contribution < 1.29 is 9.47 Å². The first-order valence-corrected chi connectivity index (χ1v) is 10.6. The summed E-state index contributed by atoms with van der Waals surface area (Å²) in [4.78, 5) is 0. The molecular weight excluding hydrogens is 348 g/mol. The fraction of sp³-hybridized carbons (Fsp3) is 0.500. The number of nitrogen functional groups attached to an aromatic ring is 2. The topological polar surface area (TPSA) is 70.5 Å². The summed E-state index contributed by atoms with van der Waals surface area (Å²) in [6, 6.07) is 11.5. The minimum absolute atomic E-state index is 0.348. The van der Waals surface area contributed by atoms with E-state index in [1.165, 1.54) is 38.5 Å². The Hall–Kier alpha value is -2.36. The molecule has 0 fully saturated rings. The van der Waals surface area contributed by atoms with Gasteiger partial charge in [0.2, 0.25) is 6.29 Å². The second-order valence-electron chi connectivity index (χ2n) is 7.56. The van der Waals surface area contributed by atoms with E-state index in [1.54, 1.807) is 0 Å². The first-order valence-electron chi connectivity index (χ1n) is 10.6. The molecule has 4 N–H and O–H groups in total. The molecule has 0 aliphatic heterocycles. The van der Waals surface area contributed by atoms with Crippen LogP contribution in [0.2, 0.25) is 0 Å². The molecule has 0 bridgehead atoms. The lowest BCUT2D eigenvalue weighted by molar-refractivity contribution is -0.00291. The van der Waals surface area contributed by atoms with E-state index >= 15 is 0 Å². The maximum Gasteiger partial charge on any atom is 0.241 e. The highest BCUT2D eigenvalue weighted by Gasteiger charge is 2.15. The van der Waals surface area contributed by atoms with Crippen molar-refractivity contribution in [3.63, 3.8) is 0 Å². The third kappa shape index (κ3) is 6.99. The van der Waals surface area contributed by atoms with Crippen LogP contribution in [0.1, 0.15) is 69.4 Å². The Morgan fingerprint density at radius 2 is 1.54 bits per heavy atom. The van der Waals surface area contributed by atoms with Gasteiger partial charge in [-0.15, -0.1) is 0 Å². The Balaban J connectivity index is 1.98. The molecule has 0 amide bonds. The standard InChI is InChI=1S/C24H36N2O2/c1-4-5-6-7-8-9-10-14-24(27-20-15-16-21(25)18(2)17-20)28-23-13-11-12-22(26)19(23)3/h11-13,15-17,24H,4-10,14,25-26H2,1-3H3. The van der Waals surface area contributed by atoms with Gasteiger partial charge in [-0.1, -0.05) is 51.5 Å². The van der Waals surface area contributed by atoms with Gasteiger partial charge in [-0.05, 0) is 56.2 Å². The molecule has 0 aromatic heterocycles. The van der Waals surface area contributed by atoms with E-state index in [2.05, 4.69) is 6.92 Å². The normalized spacial score (nSPS) is 12.0. The summed E-state index contributed by atoms with van der Waals surface area (Å²) in [6.07, 6.45) is 9.29. The molecule has 0 aliphatic carbocycles. The van der Waals surface area contributed by atoms with Gasteiger partial charge in [0.25, 0.3) is 0 Å². The number of hydrogen-bond donors (Lipinski definition) is 2. The summed E-state index contributed by atoms with van der Waals surface area (Å²) >= 11 is 0. The van der Waals surface area contributed by atoms with Gasteiger partial charge >= 0.3 is 0 Å². The zero-order chi connectivity index (χ0) is 20.4. The van der Waals surface area contributed by atoms with Crippen LogP contribution in [-0.4, -0.2) is 6.29 Å². The number of benzene rings is 2. The van der Waals surface area contributed by atoms with Crippen LogP contribution in [0, 0.1) is 13.8 Å². The fourth-order valence-electron chi connectivity index (χ4n) is 3.18. The molecular formula is C24H36N2O2. The minimum Gasteiger partial charge on any atom is -0.455 e. The van der Waals surface area contributed by atoms with Crippen LogP contribution < -0.4 is 20.9 Å². The number of unbranched alkanes of at least 4 members (excludes halogenated alkanes) is 6. The Bertz CT molecular complexity index is 731. The predicted octanol–water partition coefficient (Wildman–Crippen LogP) is 6.39. The van der Waals surface area contributed by atoms with Crippen LogP contribution >= 0.6 is 0 Å². The van der Waals surface area contributed by atoms with Crippen LogP contribution in [0.15, 0.2) is 36.4 Å². The lowest BCUT2D eigenvalue weighted by Crippen LogP contribution is -2.24. The average Bonchev–Trinajstić information content (AvgIpc) is 2.67. The highest BCUT2D eigenvalue weighted by molar-refractivity contribution is 5.53. The highest BCUT2D eigenvalue weighted by Crippen LogP contribution is 2.27. The summed E-state index contributed by atoms with van der Waals surface area (Å²) in [5.41, 5.74) is 15.4. The molecule has 0 aliphatic rings. The number of rotatable bonds is 12. The van der Waals surface area contributed by atoms with Crippen molar-refractivity contribution >= 4 is 11.4 Å². The van der Waals surface area contributed by atoms with Gasteiger partial charge in [0.15, 0.2) is 0 Å². The molecule has 0 saturated carbocycles. The maximum atomic E-state index is 6.21. The van der Waals surface area contributed by atoms with Crippen molar-refractivity contribution in [1.29, 1.82) is 0 Å². The Labute approximate surface area is 170 Å². The van der Waals surface area contributed by atoms with Crippen LogP contribution in [0.3, 0.4) is 0 Å². The van der Waals surface area contributed by atoms with E-state index in [0.29, 0.717) is 0 Å². The summed E-state index contributed by atoms with van der Waals surface area (Å²) in [5.74, 6) is 1.56. The Kier molecular flexibility index (Phi) is 8.99. The third-order valence-electron chi connectivity index (χ3n) is 5.14. The molecule has 4 heteroatoms. The van der Waals surface area contributed by atoms with Gasteiger partial charge in [0.05, 0.1) is 0 Å². The van der Waals surface area contributed by atoms with Crippen LogP contribution in [-0.2, 0) is 0 Å². The van der Waals surface area contributed by atoms with E-state index in [0.717, 1.165) is 46.8 Å². The number of anilines is 2. The molecule has 0 spiro atoms. The molecule has 28 heavy (non-hydrogen) atoms. The van der Waals surface area contributed by atoms with Crippen molar-refractivity contribution in [2.24, 2.45) is 0 Å². The van der Waals surface area contributed by atoms with Crippen molar-refractivity contribution in [1.82, 2.24) is 0 Å². The molecule has 2 aromatic rings. The molecule has 0 saturated heterocycles. The molecule has 2 rings (SSSR count). The van der Waals surface area contributed by atoms with Crippen molar-refractivity contribution in [3.05, 3.63) is 47.5 Å². The van der Waals surface area contributed by atoms with E-state index in [4.69, 9.17) is 20.9 Å². The molecule has 1 atom stereocenters. The number of hydrogen-bond acceptors (Lipinski definition) is 4. The largest absolute Gasteiger partial charge is 0.455 e. The SMILES string of the molecule is CCCCCCCCCC(Oc1ccc(N)c(C)c1)Oc1cccc(N)c1C. The molecule has 0 radical (unpaired) electrons. The lowest BCUT2D eigenvalue weighted by Gasteiger charge is -2.22. The lowest BCUT2D eigenvalue weighted by atomic mass is 10.1. The van der Waals surface area contributed by atoms with Crippen LogP contribution in [0.25, 0.3) is 0 Å². The number of ether oxygens (including phenoxy) is 2. The highest BCUT2D eigenvalue weighted by atomic mass is 16.7. The fourth-order valence-corrected chi connectivity index (χ4v) is 3.18. The van der Waals surface area contributed by atoms with E-state index in [9.17, 15) is 0 Å². The van der Waals surface area contributed by atoms with Gasteiger partial charge in [-0.2, -0.15) is 0 Å². The van der Waals surface area contributed by atoms with Gasteiger partial charge in [-0.3, -0.25) is 0 Å². The average molecular weight is 385 g/mol. The molecule has 154 valence electrons. The smallest absolute Gasteiger partial charge is 0.241 e. The first-order chi connectivity index (χ1) is 13.5. The Morgan fingerprint density at radius 3 is 2.25 bits per heavy atom. The quantitative estimate of drug-likeness (QED) is 0.252. The summed E-state index contributed by atoms with van der Waals surface area (Å²) < 4.78 is 12.4. The Morgan fingerprint density at radius 1 is 0.821 bits per heavy atom. The number of nitrogens with two attached hydrogens (primary N) is 2. The van der Waals surface area contributed by atoms with Crippen molar-refractivity contribution in [3.8, 4) is 11.5 Å². The summed E-state index contributed by atoms with van der Waals surface area (Å²) in [7, 11) is 0. The van der Waals surface area contributed by atoms with Crippen LogP contribution in [0.5, 0.6) is 11.5 Å². The number of aryl methyl sites for hydroxylation is 1. The second kappa shape index (κ2) is 11.5. The first kappa shape index (κ1) is 21.9. The molecule has 1 unspecified atom stereocenters. The minimum atomic E-state index is -0.348. The van der Waals surface area contributed by atoms with Gasteiger partial charge in [0.1, 0.15) is 11.5 Å². The monoisotopic (exact) mass is 384 g/mol. The zero-order valence-electron chi connectivity index (χ0n) is 17.7. The third-order valence-corrected chi connectivity index (χ3v) is 5.14. The van der Waals surface area contributed by atoms with Crippen molar-refractivity contribution in [2.45, 2.75) is 78.4 Å². The second-order valence-corrected chi connectivity index (χ2v) is 7.56. The molecule has 4 nitrogen and oxygen atoms in total. The van der Waals surface area contributed by atoms with E-state index < -0.39 is 0 Å². The van der Waals surface area contributed by atoms with Crippen LogP contribution in [0.4, 0.5) is 11.4 Å². The summed E-state index contributed by atoms with van der Waals surface area (Å²) in [5, 5.41) is 0. The van der Waals surface area contributed by atoms with E-state index in [-0.39, 0.29) is 6.29 Å². The van der Waals surface area contributed by atoms with Gasteiger partial charge in [0, 0.05) is 23.4 Å². The van der Waals surface area contributed by atoms with Gasteiger partial charge < -0.3 is 20.9 Å². The molecule has 2 aromatic carbocycles. The molecule has 0 heterocycles. The zero-order valence-corrected chi connectivity index (χ0v) is 17.7.